The van der Waals surface area contributed by atoms with Crippen LogP contribution in [0.3, 0.4) is 0 Å². The Morgan fingerprint density at radius 1 is 1.00 bits per heavy atom. The van der Waals surface area contributed by atoms with Gasteiger partial charge in [0, 0.05) is 36.2 Å². The van der Waals surface area contributed by atoms with Gasteiger partial charge in [-0.2, -0.15) is 0 Å². The monoisotopic (exact) mass is 413 g/mol. The van der Waals surface area contributed by atoms with Crippen molar-refractivity contribution in [2.24, 2.45) is 0 Å². The van der Waals surface area contributed by atoms with Gasteiger partial charge < -0.3 is 9.80 Å². The third kappa shape index (κ3) is 4.43. The highest BCUT2D eigenvalue weighted by Gasteiger charge is 2.21. The van der Waals surface area contributed by atoms with Gasteiger partial charge in [-0.1, -0.05) is 42.3 Å². The van der Waals surface area contributed by atoms with Crippen LogP contribution < -0.4 is 9.62 Å². The second-order valence-corrected chi connectivity index (χ2v) is 8.70. The molecule has 5 nitrogen and oxygen atoms in total. The summed E-state index contributed by atoms with van der Waals surface area (Å²) in [6.45, 7) is 6.81. The number of piperazine rings is 1. The van der Waals surface area contributed by atoms with Crippen molar-refractivity contribution in [3.63, 3.8) is 0 Å². The van der Waals surface area contributed by atoms with Crippen molar-refractivity contribution < 1.29 is 8.42 Å². The predicted molar refractivity (Wildman–Crippen MR) is 108 cm³/mol. The zero-order valence-electron chi connectivity index (χ0n) is 14.5. The molecule has 0 aromatic heterocycles. The van der Waals surface area contributed by atoms with E-state index in [-0.39, 0.29) is 14.9 Å². The summed E-state index contributed by atoms with van der Waals surface area (Å²) in [4.78, 5) is 4.62. The second-order valence-electron chi connectivity index (χ2n) is 6.15. The molecule has 0 atom stereocenters. The van der Waals surface area contributed by atoms with Crippen LogP contribution in [0.4, 0.5) is 11.4 Å². The van der Waals surface area contributed by atoms with Crippen molar-refractivity contribution in [3.05, 3.63) is 52.5 Å². The maximum Gasteiger partial charge on any atom is 0.262 e. The third-order valence-electron chi connectivity index (χ3n) is 4.45. The number of sulfonamides is 1. The quantitative estimate of drug-likeness (QED) is 0.806. The average Bonchev–Trinajstić information content (AvgIpc) is 2.61. The molecule has 0 saturated carbocycles. The molecular formula is C18H21Cl2N3O2S. The van der Waals surface area contributed by atoms with Gasteiger partial charge in [0.2, 0.25) is 0 Å². The van der Waals surface area contributed by atoms with E-state index < -0.39 is 10.0 Å². The highest BCUT2D eigenvalue weighted by atomic mass is 35.5. The lowest BCUT2D eigenvalue weighted by molar-refractivity contribution is 0.271. The molecular weight excluding hydrogens is 393 g/mol. The van der Waals surface area contributed by atoms with E-state index in [1.54, 1.807) is 6.07 Å². The van der Waals surface area contributed by atoms with Crippen LogP contribution in [0.1, 0.15) is 6.92 Å². The van der Waals surface area contributed by atoms with Crippen molar-refractivity contribution in [2.75, 3.05) is 42.3 Å². The molecule has 0 spiro atoms. The Morgan fingerprint density at radius 2 is 1.62 bits per heavy atom. The fourth-order valence-electron chi connectivity index (χ4n) is 3.03. The number of halogens is 2. The summed E-state index contributed by atoms with van der Waals surface area (Å²) in [6, 6.07) is 11.7. The largest absolute Gasteiger partial charge is 0.367 e. The van der Waals surface area contributed by atoms with Gasteiger partial charge in [0.1, 0.15) is 0 Å². The van der Waals surface area contributed by atoms with Gasteiger partial charge in [-0.05, 0) is 36.9 Å². The van der Waals surface area contributed by atoms with Crippen LogP contribution in [0.25, 0.3) is 0 Å². The Balaban J connectivity index is 1.86. The molecule has 3 rings (SSSR count). The molecule has 26 heavy (non-hydrogen) atoms. The van der Waals surface area contributed by atoms with Gasteiger partial charge in [-0.15, -0.1) is 0 Å². The smallest absolute Gasteiger partial charge is 0.262 e. The van der Waals surface area contributed by atoms with E-state index in [1.807, 2.05) is 18.2 Å². The molecule has 140 valence electrons. The summed E-state index contributed by atoms with van der Waals surface area (Å²) in [5, 5.41) is 0.559. The SMILES string of the molecule is CCN1CCN(c2ccccc2NS(=O)(=O)c2cc(Cl)cc(Cl)c2)CC1. The van der Waals surface area contributed by atoms with Crippen LogP contribution in [0.5, 0.6) is 0 Å². The van der Waals surface area contributed by atoms with E-state index in [2.05, 4.69) is 21.4 Å². The van der Waals surface area contributed by atoms with E-state index in [0.717, 1.165) is 38.4 Å². The van der Waals surface area contributed by atoms with Crippen molar-refractivity contribution in [1.29, 1.82) is 0 Å². The van der Waals surface area contributed by atoms with Crippen LogP contribution in [-0.2, 0) is 10.0 Å². The van der Waals surface area contributed by atoms with Crippen LogP contribution in [0, 0.1) is 0 Å². The maximum atomic E-state index is 12.8. The van der Waals surface area contributed by atoms with E-state index in [9.17, 15) is 8.42 Å². The molecule has 1 aliphatic heterocycles. The number of nitrogens with zero attached hydrogens (tertiary/aromatic N) is 2. The lowest BCUT2D eigenvalue weighted by Gasteiger charge is -2.36. The topological polar surface area (TPSA) is 52.6 Å². The maximum absolute atomic E-state index is 12.8. The van der Waals surface area contributed by atoms with Gasteiger partial charge in [0.15, 0.2) is 0 Å². The first-order valence-corrected chi connectivity index (χ1v) is 10.7. The van der Waals surface area contributed by atoms with E-state index >= 15 is 0 Å². The highest BCUT2D eigenvalue weighted by molar-refractivity contribution is 7.92. The number of hydrogen-bond donors (Lipinski definition) is 1. The molecule has 0 bridgehead atoms. The number of likely N-dealkylation sites (N-methyl/N-ethyl adjacent to an activating group) is 1. The zero-order valence-corrected chi connectivity index (χ0v) is 16.8. The lowest BCUT2D eigenvalue weighted by Crippen LogP contribution is -2.46. The molecule has 1 N–H and O–H groups in total. The van der Waals surface area contributed by atoms with Crippen molar-refractivity contribution in [1.82, 2.24) is 4.90 Å². The van der Waals surface area contributed by atoms with Gasteiger partial charge in [0.25, 0.3) is 10.0 Å². The van der Waals surface area contributed by atoms with Crippen LogP contribution >= 0.6 is 23.2 Å². The summed E-state index contributed by atoms with van der Waals surface area (Å²) in [5.41, 5.74) is 1.42. The first-order valence-electron chi connectivity index (χ1n) is 8.44. The van der Waals surface area contributed by atoms with Gasteiger partial charge >= 0.3 is 0 Å². The van der Waals surface area contributed by atoms with Crippen molar-refractivity contribution in [2.45, 2.75) is 11.8 Å². The third-order valence-corrected chi connectivity index (χ3v) is 6.24. The molecule has 0 amide bonds. The Morgan fingerprint density at radius 3 is 2.23 bits per heavy atom. The predicted octanol–water partition coefficient (Wildman–Crippen LogP) is 3.94. The first kappa shape index (κ1) is 19.3. The molecule has 2 aromatic rings. The number of rotatable bonds is 5. The fraction of sp³-hybridized carbons (Fsp3) is 0.333. The molecule has 0 radical (unpaired) electrons. The minimum Gasteiger partial charge on any atom is -0.367 e. The molecule has 8 heteroatoms. The van der Waals surface area contributed by atoms with Crippen molar-refractivity contribution in [3.8, 4) is 0 Å². The first-order chi connectivity index (χ1) is 12.4. The number of nitrogens with one attached hydrogen (secondary N) is 1. The summed E-state index contributed by atoms with van der Waals surface area (Å²) in [7, 11) is -3.79. The lowest BCUT2D eigenvalue weighted by atomic mass is 10.2. The number of benzene rings is 2. The molecule has 0 unspecified atom stereocenters. The highest BCUT2D eigenvalue weighted by Crippen LogP contribution is 2.30. The Hall–Kier alpha value is -1.47. The summed E-state index contributed by atoms with van der Waals surface area (Å²) in [5.74, 6) is 0. The zero-order chi connectivity index (χ0) is 18.7. The molecule has 1 aliphatic rings. The summed E-state index contributed by atoms with van der Waals surface area (Å²) in [6.07, 6.45) is 0. The standard InChI is InChI=1S/C18H21Cl2N3O2S/c1-2-22-7-9-23(10-8-22)18-6-4-3-5-17(18)21-26(24,25)16-12-14(19)11-15(20)13-16/h3-6,11-13,21H,2,7-10H2,1H3. The minimum absolute atomic E-state index is 0.0422. The Kier molecular flexibility index (Phi) is 5.97. The van der Waals surface area contributed by atoms with Gasteiger partial charge in [0.05, 0.1) is 16.3 Å². The molecule has 1 saturated heterocycles. The van der Waals surface area contributed by atoms with E-state index in [1.165, 1.54) is 18.2 Å². The molecule has 2 aromatic carbocycles. The summed E-state index contributed by atoms with van der Waals surface area (Å²) >= 11 is 11.9. The van der Waals surface area contributed by atoms with Gasteiger partial charge in [-0.25, -0.2) is 8.42 Å². The minimum atomic E-state index is -3.79. The van der Waals surface area contributed by atoms with E-state index in [0.29, 0.717) is 5.69 Å². The average molecular weight is 414 g/mol. The van der Waals surface area contributed by atoms with Crippen LogP contribution in [0.15, 0.2) is 47.4 Å². The number of para-hydroxylation sites is 2. The summed E-state index contributed by atoms with van der Waals surface area (Å²) < 4.78 is 28.2. The molecule has 0 aliphatic carbocycles. The molecule has 1 fully saturated rings. The Bertz CT molecular complexity index is 862. The second kappa shape index (κ2) is 8.05. The number of hydrogen-bond acceptors (Lipinski definition) is 4. The molecule has 1 heterocycles. The fourth-order valence-corrected chi connectivity index (χ4v) is 4.83. The van der Waals surface area contributed by atoms with E-state index in [4.69, 9.17) is 23.2 Å². The van der Waals surface area contributed by atoms with Crippen molar-refractivity contribution >= 4 is 44.6 Å². The van der Waals surface area contributed by atoms with Gasteiger partial charge in [-0.3, -0.25) is 4.72 Å². The Labute approximate surface area is 164 Å². The van der Waals surface area contributed by atoms with Crippen LogP contribution in [0.2, 0.25) is 10.0 Å². The van der Waals surface area contributed by atoms with Crippen LogP contribution in [-0.4, -0.2) is 46.0 Å². The normalized spacial score (nSPS) is 15.9. The number of anilines is 2.